The Hall–Kier alpha value is -2.67. The van der Waals surface area contributed by atoms with Gasteiger partial charge in [-0.3, -0.25) is 14.4 Å². The maximum absolute atomic E-state index is 12.2. The Balaban J connectivity index is 1.46. The van der Waals surface area contributed by atoms with Gasteiger partial charge >= 0.3 is 5.97 Å². The number of amides is 2. The first kappa shape index (κ1) is 19.1. The van der Waals surface area contributed by atoms with Crippen molar-refractivity contribution in [3.8, 4) is 0 Å². The standard InChI is InChI=1S/C20H19BrN2O4/c21-16-6-8-17(9-7-16)23-12-15(10-19(23)25)20(26)27-13-18(24)22-11-14-4-2-1-3-5-14/h1-9,15H,10-13H2,(H,22,24)/t15-/m0/s1. The minimum atomic E-state index is -0.567. The predicted molar refractivity (Wildman–Crippen MR) is 104 cm³/mol. The maximum Gasteiger partial charge on any atom is 0.311 e. The van der Waals surface area contributed by atoms with Crippen molar-refractivity contribution in [3.63, 3.8) is 0 Å². The number of esters is 1. The topological polar surface area (TPSA) is 75.7 Å². The van der Waals surface area contributed by atoms with Crippen molar-refractivity contribution >= 4 is 39.4 Å². The highest BCUT2D eigenvalue weighted by atomic mass is 79.9. The minimum Gasteiger partial charge on any atom is -0.455 e. The second-order valence-electron chi connectivity index (χ2n) is 6.25. The summed E-state index contributed by atoms with van der Waals surface area (Å²) < 4.78 is 6.00. The van der Waals surface area contributed by atoms with Crippen molar-refractivity contribution < 1.29 is 19.1 Å². The first-order chi connectivity index (χ1) is 13.0. The van der Waals surface area contributed by atoms with E-state index in [-0.39, 0.29) is 31.4 Å². The molecular formula is C20H19BrN2O4. The first-order valence-electron chi connectivity index (χ1n) is 8.56. The number of rotatable bonds is 6. The van der Waals surface area contributed by atoms with Gasteiger partial charge in [-0.15, -0.1) is 0 Å². The molecule has 2 aromatic rings. The lowest BCUT2D eigenvalue weighted by molar-refractivity contribution is -0.152. The second kappa shape index (κ2) is 8.81. The summed E-state index contributed by atoms with van der Waals surface area (Å²) in [7, 11) is 0. The molecule has 6 nitrogen and oxygen atoms in total. The lowest BCUT2D eigenvalue weighted by atomic mass is 10.1. The Morgan fingerprint density at radius 3 is 2.52 bits per heavy atom. The van der Waals surface area contributed by atoms with E-state index in [0.29, 0.717) is 6.54 Å². The fourth-order valence-corrected chi connectivity index (χ4v) is 3.10. The zero-order chi connectivity index (χ0) is 19.2. The van der Waals surface area contributed by atoms with Crippen molar-refractivity contribution in [1.29, 1.82) is 0 Å². The van der Waals surface area contributed by atoms with Gasteiger partial charge in [0.2, 0.25) is 5.91 Å². The normalized spacial score (nSPS) is 16.3. The second-order valence-corrected chi connectivity index (χ2v) is 7.17. The first-order valence-corrected chi connectivity index (χ1v) is 9.35. The number of hydrogen-bond donors (Lipinski definition) is 1. The van der Waals surface area contributed by atoms with Crippen LogP contribution in [0, 0.1) is 5.92 Å². The Labute approximate surface area is 165 Å². The molecule has 0 saturated carbocycles. The molecule has 0 spiro atoms. The van der Waals surface area contributed by atoms with Crippen molar-refractivity contribution in [3.05, 3.63) is 64.6 Å². The summed E-state index contributed by atoms with van der Waals surface area (Å²) in [5.74, 6) is -1.60. The van der Waals surface area contributed by atoms with Crippen molar-refractivity contribution in [2.75, 3.05) is 18.1 Å². The summed E-state index contributed by atoms with van der Waals surface area (Å²) in [4.78, 5) is 37.8. The quantitative estimate of drug-likeness (QED) is 0.714. The van der Waals surface area contributed by atoms with Crippen LogP contribution in [0.4, 0.5) is 5.69 Å². The zero-order valence-corrected chi connectivity index (χ0v) is 16.1. The summed E-state index contributed by atoms with van der Waals surface area (Å²) in [6, 6.07) is 16.8. The number of nitrogens with one attached hydrogen (secondary N) is 1. The lowest BCUT2D eigenvalue weighted by Gasteiger charge is -2.16. The molecule has 2 amide bonds. The summed E-state index contributed by atoms with van der Waals surface area (Å²) in [5.41, 5.74) is 1.70. The highest BCUT2D eigenvalue weighted by Crippen LogP contribution is 2.27. The van der Waals surface area contributed by atoms with E-state index in [0.717, 1.165) is 15.7 Å². The van der Waals surface area contributed by atoms with Gasteiger partial charge in [-0.2, -0.15) is 0 Å². The molecule has 1 saturated heterocycles. The van der Waals surface area contributed by atoms with Crippen LogP contribution in [0.1, 0.15) is 12.0 Å². The molecule has 0 aliphatic carbocycles. The van der Waals surface area contributed by atoms with Crippen LogP contribution >= 0.6 is 15.9 Å². The van der Waals surface area contributed by atoms with E-state index in [1.807, 2.05) is 54.6 Å². The molecule has 1 heterocycles. The number of anilines is 1. The van der Waals surface area contributed by atoms with Crippen LogP contribution in [0.5, 0.6) is 0 Å². The van der Waals surface area contributed by atoms with Gasteiger partial charge in [0.05, 0.1) is 5.92 Å². The number of hydrogen-bond acceptors (Lipinski definition) is 4. The molecule has 27 heavy (non-hydrogen) atoms. The van der Waals surface area contributed by atoms with E-state index in [2.05, 4.69) is 21.2 Å². The molecule has 0 unspecified atom stereocenters. The molecule has 1 atom stereocenters. The molecule has 1 fully saturated rings. The van der Waals surface area contributed by atoms with Gasteiger partial charge in [0, 0.05) is 29.7 Å². The highest BCUT2D eigenvalue weighted by Gasteiger charge is 2.36. The molecule has 3 rings (SSSR count). The third kappa shape index (κ3) is 5.17. The molecule has 140 valence electrons. The molecular weight excluding hydrogens is 412 g/mol. The number of ether oxygens (including phenoxy) is 1. The average Bonchev–Trinajstić information content (AvgIpc) is 3.07. The van der Waals surface area contributed by atoms with Gasteiger partial charge < -0.3 is 15.0 Å². The van der Waals surface area contributed by atoms with Crippen LogP contribution in [0.3, 0.4) is 0 Å². The molecule has 0 radical (unpaired) electrons. The Morgan fingerprint density at radius 1 is 1.11 bits per heavy atom. The fourth-order valence-electron chi connectivity index (χ4n) is 2.84. The van der Waals surface area contributed by atoms with Gasteiger partial charge in [-0.1, -0.05) is 46.3 Å². The van der Waals surface area contributed by atoms with E-state index < -0.39 is 11.9 Å². The van der Waals surface area contributed by atoms with E-state index in [1.165, 1.54) is 0 Å². The Kier molecular flexibility index (Phi) is 6.24. The van der Waals surface area contributed by atoms with Gasteiger partial charge in [-0.25, -0.2) is 0 Å². The third-order valence-electron chi connectivity index (χ3n) is 4.27. The van der Waals surface area contributed by atoms with Gasteiger partial charge in [0.15, 0.2) is 6.61 Å². The van der Waals surface area contributed by atoms with Crippen LogP contribution in [-0.4, -0.2) is 30.9 Å². The Bertz CT molecular complexity index is 824. The average molecular weight is 431 g/mol. The van der Waals surface area contributed by atoms with Gasteiger partial charge in [0.1, 0.15) is 0 Å². The summed E-state index contributed by atoms with van der Waals surface area (Å²) >= 11 is 3.35. The third-order valence-corrected chi connectivity index (χ3v) is 4.80. The largest absolute Gasteiger partial charge is 0.455 e. The van der Waals surface area contributed by atoms with Crippen molar-refractivity contribution in [2.45, 2.75) is 13.0 Å². The van der Waals surface area contributed by atoms with E-state index in [9.17, 15) is 14.4 Å². The number of nitrogens with zero attached hydrogens (tertiary/aromatic N) is 1. The van der Waals surface area contributed by atoms with Crippen molar-refractivity contribution in [2.24, 2.45) is 5.92 Å². The molecule has 1 aliphatic rings. The number of halogens is 1. The van der Waals surface area contributed by atoms with Crippen LogP contribution in [-0.2, 0) is 25.7 Å². The fraction of sp³-hybridized carbons (Fsp3) is 0.250. The summed E-state index contributed by atoms with van der Waals surface area (Å²) in [6.45, 7) is 0.274. The van der Waals surface area contributed by atoms with E-state index >= 15 is 0 Å². The zero-order valence-electron chi connectivity index (χ0n) is 14.6. The highest BCUT2D eigenvalue weighted by molar-refractivity contribution is 9.10. The molecule has 2 aromatic carbocycles. The summed E-state index contributed by atoms with van der Waals surface area (Å²) in [6.07, 6.45) is 0.0839. The molecule has 0 aromatic heterocycles. The molecule has 7 heteroatoms. The molecule has 1 N–H and O–H groups in total. The number of benzene rings is 2. The smallest absolute Gasteiger partial charge is 0.311 e. The van der Waals surface area contributed by atoms with Crippen molar-refractivity contribution in [1.82, 2.24) is 5.32 Å². The Morgan fingerprint density at radius 2 is 1.81 bits per heavy atom. The lowest BCUT2D eigenvalue weighted by Crippen LogP contribution is -2.31. The maximum atomic E-state index is 12.2. The van der Waals surface area contributed by atoms with Gasteiger partial charge in [0.25, 0.3) is 5.91 Å². The summed E-state index contributed by atoms with van der Waals surface area (Å²) in [5, 5.41) is 2.70. The van der Waals surface area contributed by atoms with E-state index in [1.54, 1.807) is 4.90 Å². The predicted octanol–water partition coefficient (Wildman–Crippen LogP) is 2.66. The van der Waals surface area contributed by atoms with E-state index in [4.69, 9.17) is 4.74 Å². The SMILES string of the molecule is O=C(COC(=O)[C@H]1CC(=O)N(c2ccc(Br)cc2)C1)NCc1ccccc1. The number of carbonyl (C=O) groups excluding carboxylic acids is 3. The van der Waals surface area contributed by atoms with Crippen LogP contribution < -0.4 is 10.2 Å². The van der Waals surface area contributed by atoms with Crippen LogP contribution in [0.25, 0.3) is 0 Å². The molecule has 0 bridgehead atoms. The molecule has 1 aliphatic heterocycles. The van der Waals surface area contributed by atoms with Crippen LogP contribution in [0.2, 0.25) is 0 Å². The van der Waals surface area contributed by atoms with Gasteiger partial charge in [-0.05, 0) is 29.8 Å². The monoisotopic (exact) mass is 430 g/mol. The van der Waals surface area contributed by atoms with Crippen LogP contribution in [0.15, 0.2) is 59.1 Å². The minimum absolute atomic E-state index is 0.0839. The number of carbonyl (C=O) groups is 3.